The van der Waals surface area contributed by atoms with Crippen molar-refractivity contribution < 1.29 is 4.74 Å². The fourth-order valence-electron chi connectivity index (χ4n) is 2.99. The van der Waals surface area contributed by atoms with Crippen LogP contribution in [0, 0.1) is 5.41 Å². The third kappa shape index (κ3) is 3.45. The molecule has 20 heavy (non-hydrogen) atoms. The zero-order chi connectivity index (χ0) is 14.8. The zero-order valence-corrected chi connectivity index (χ0v) is 15.1. The van der Waals surface area contributed by atoms with Crippen molar-refractivity contribution in [2.75, 3.05) is 6.61 Å². The molecule has 0 aromatic heterocycles. The van der Waals surface area contributed by atoms with Crippen LogP contribution in [0.4, 0.5) is 0 Å². The molecule has 1 aliphatic rings. The second-order valence-corrected chi connectivity index (χ2v) is 7.54. The normalized spacial score (nSPS) is 19.6. The fraction of sp³-hybridized carbons (Fsp3) is 0.625. The van der Waals surface area contributed by atoms with Crippen molar-refractivity contribution in [1.82, 2.24) is 0 Å². The fourth-order valence-corrected chi connectivity index (χ4v) is 4.45. The highest BCUT2D eigenvalue weighted by molar-refractivity contribution is 9.09. The molecule has 0 amide bonds. The molecular formula is C16H21BrCl2O. The summed E-state index contributed by atoms with van der Waals surface area (Å²) in [4.78, 5) is 0.232. The summed E-state index contributed by atoms with van der Waals surface area (Å²) in [6.45, 7) is 4.87. The van der Waals surface area contributed by atoms with Crippen LogP contribution in [0.25, 0.3) is 0 Å². The summed E-state index contributed by atoms with van der Waals surface area (Å²) in [6.07, 6.45) is 6.38. The number of ether oxygens (including phenoxy) is 1. The average molecular weight is 380 g/mol. The van der Waals surface area contributed by atoms with Gasteiger partial charge in [-0.25, -0.2) is 0 Å². The molecule has 0 saturated heterocycles. The molecule has 1 fully saturated rings. The van der Waals surface area contributed by atoms with Gasteiger partial charge in [0.1, 0.15) is 5.75 Å². The molecular weight excluding hydrogens is 359 g/mol. The molecule has 4 heteroatoms. The Morgan fingerprint density at radius 2 is 1.85 bits per heavy atom. The van der Waals surface area contributed by atoms with E-state index in [-0.39, 0.29) is 10.2 Å². The Labute approximate surface area is 140 Å². The van der Waals surface area contributed by atoms with Crippen molar-refractivity contribution in [1.29, 1.82) is 0 Å². The quantitative estimate of drug-likeness (QED) is 0.522. The summed E-state index contributed by atoms with van der Waals surface area (Å²) >= 11 is 16.6. The number of benzene rings is 1. The van der Waals surface area contributed by atoms with Gasteiger partial charge in [-0.1, -0.05) is 65.3 Å². The summed E-state index contributed by atoms with van der Waals surface area (Å²) in [5.41, 5.74) is 1.32. The second kappa shape index (κ2) is 6.89. The molecule has 0 bridgehead atoms. The maximum absolute atomic E-state index is 6.44. The molecule has 1 nitrogen and oxygen atoms in total. The third-order valence-electron chi connectivity index (χ3n) is 4.23. The van der Waals surface area contributed by atoms with Gasteiger partial charge in [-0.15, -0.1) is 0 Å². The second-order valence-electron chi connectivity index (χ2n) is 5.81. The first-order valence-corrected chi connectivity index (χ1v) is 8.91. The lowest BCUT2D eigenvalue weighted by atomic mass is 9.72. The van der Waals surface area contributed by atoms with Gasteiger partial charge in [0.2, 0.25) is 0 Å². The van der Waals surface area contributed by atoms with E-state index in [9.17, 15) is 0 Å². The number of rotatable bonds is 4. The van der Waals surface area contributed by atoms with Gasteiger partial charge in [0.05, 0.1) is 11.6 Å². The molecule has 1 aromatic rings. The SMILES string of the molecule is CCOc1cc(Cl)c(C(Br)C2(C)CCCCC2)cc1Cl. The van der Waals surface area contributed by atoms with Crippen LogP contribution in [-0.2, 0) is 0 Å². The van der Waals surface area contributed by atoms with E-state index in [4.69, 9.17) is 27.9 Å². The van der Waals surface area contributed by atoms with Crippen LogP contribution in [0.3, 0.4) is 0 Å². The average Bonchev–Trinajstić information content (AvgIpc) is 2.43. The highest BCUT2D eigenvalue weighted by atomic mass is 79.9. The molecule has 1 aliphatic carbocycles. The van der Waals surface area contributed by atoms with Crippen molar-refractivity contribution in [2.24, 2.45) is 5.41 Å². The predicted octanol–water partition coefficient (Wildman–Crippen LogP) is 6.80. The molecule has 0 radical (unpaired) electrons. The number of hydrogen-bond acceptors (Lipinski definition) is 1. The topological polar surface area (TPSA) is 9.23 Å². The van der Waals surface area contributed by atoms with Crippen molar-refractivity contribution in [3.05, 3.63) is 27.7 Å². The van der Waals surface area contributed by atoms with Crippen LogP contribution in [0.5, 0.6) is 5.75 Å². The summed E-state index contributed by atoms with van der Waals surface area (Å²) in [7, 11) is 0. The highest BCUT2D eigenvalue weighted by Gasteiger charge is 2.36. The van der Waals surface area contributed by atoms with Gasteiger partial charge in [-0.05, 0) is 36.8 Å². The first-order chi connectivity index (χ1) is 9.48. The molecule has 1 atom stereocenters. The van der Waals surface area contributed by atoms with E-state index >= 15 is 0 Å². The number of halogens is 3. The lowest BCUT2D eigenvalue weighted by molar-refractivity contribution is 0.213. The molecule has 0 spiro atoms. The van der Waals surface area contributed by atoms with E-state index in [0.29, 0.717) is 17.4 Å². The zero-order valence-electron chi connectivity index (χ0n) is 12.0. The minimum atomic E-state index is 0.232. The molecule has 1 aromatic carbocycles. The largest absolute Gasteiger partial charge is 0.492 e. The lowest BCUT2D eigenvalue weighted by Gasteiger charge is -2.38. The van der Waals surface area contributed by atoms with E-state index < -0.39 is 0 Å². The predicted molar refractivity (Wildman–Crippen MR) is 90.5 cm³/mol. The molecule has 0 N–H and O–H groups in total. The monoisotopic (exact) mass is 378 g/mol. The van der Waals surface area contributed by atoms with Gasteiger partial charge in [-0.3, -0.25) is 0 Å². The lowest BCUT2D eigenvalue weighted by Crippen LogP contribution is -2.25. The van der Waals surface area contributed by atoms with Gasteiger partial charge >= 0.3 is 0 Å². The van der Waals surface area contributed by atoms with Crippen molar-refractivity contribution in [3.63, 3.8) is 0 Å². The van der Waals surface area contributed by atoms with Crippen LogP contribution < -0.4 is 4.74 Å². The Hall–Kier alpha value is 0.0800. The Bertz CT molecular complexity index is 470. The summed E-state index contributed by atoms with van der Waals surface area (Å²) in [5.74, 6) is 0.663. The van der Waals surface area contributed by atoms with Crippen LogP contribution in [0.15, 0.2) is 12.1 Å². The highest BCUT2D eigenvalue weighted by Crippen LogP contribution is 2.52. The molecule has 2 rings (SSSR count). The van der Waals surface area contributed by atoms with E-state index in [1.165, 1.54) is 32.1 Å². The summed E-state index contributed by atoms with van der Waals surface area (Å²) in [6, 6.07) is 3.79. The van der Waals surface area contributed by atoms with Crippen molar-refractivity contribution in [2.45, 2.75) is 50.8 Å². The molecule has 1 unspecified atom stereocenters. The van der Waals surface area contributed by atoms with Gasteiger partial charge in [-0.2, -0.15) is 0 Å². The Morgan fingerprint density at radius 1 is 1.20 bits per heavy atom. The first kappa shape index (κ1) is 16.5. The smallest absolute Gasteiger partial charge is 0.139 e. The maximum atomic E-state index is 6.44. The van der Waals surface area contributed by atoms with Gasteiger partial charge in [0.25, 0.3) is 0 Å². The summed E-state index contributed by atoms with van der Waals surface area (Å²) in [5, 5.41) is 1.36. The Morgan fingerprint density at radius 3 is 2.45 bits per heavy atom. The summed E-state index contributed by atoms with van der Waals surface area (Å²) < 4.78 is 5.49. The third-order valence-corrected chi connectivity index (χ3v) is 6.45. The molecule has 0 heterocycles. The minimum absolute atomic E-state index is 0.232. The number of alkyl halides is 1. The van der Waals surface area contributed by atoms with Crippen LogP contribution in [-0.4, -0.2) is 6.61 Å². The standard InChI is InChI=1S/C16H21BrCl2O/c1-3-20-14-10-12(18)11(9-13(14)19)15(17)16(2)7-5-4-6-8-16/h9-10,15H,3-8H2,1-2H3. The van der Waals surface area contributed by atoms with Gasteiger partial charge in [0.15, 0.2) is 0 Å². The van der Waals surface area contributed by atoms with Gasteiger partial charge in [0, 0.05) is 15.9 Å². The van der Waals surface area contributed by atoms with Gasteiger partial charge < -0.3 is 4.74 Å². The van der Waals surface area contributed by atoms with E-state index in [1.54, 1.807) is 0 Å². The number of hydrogen-bond donors (Lipinski definition) is 0. The Kier molecular flexibility index (Phi) is 5.67. The van der Waals surface area contributed by atoms with Crippen LogP contribution >= 0.6 is 39.1 Å². The Balaban J connectivity index is 2.29. The van der Waals surface area contributed by atoms with Crippen LogP contribution in [0.2, 0.25) is 10.0 Å². The first-order valence-electron chi connectivity index (χ1n) is 7.24. The van der Waals surface area contributed by atoms with E-state index in [1.807, 2.05) is 19.1 Å². The van der Waals surface area contributed by atoms with Crippen LogP contribution in [0.1, 0.15) is 56.3 Å². The molecule has 0 aliphatic heterocycles. The van der Waals surface area contributed by atoms with Crippen molar-refractivity contribution >= 4 is 39.1 Å². The molecule has 1 saturated carbocycles. The van der Waals surface area contributed by atoms with Crippen molar-refractivity contribution in [3.8, 4) is 5.75 Å². The molecule has 112 valence electrons. The minimum Gasteiger partial charge on any atom is -0.492 e. The van der Waals surface area contributed by atoms with E-state index in [0.717, 1.165) is 10.6 Å². The van der Waals surface area contributed by atoms with E-state index in [2.05, 4.69) is 22.9 Å². The maximum Gasteiger partial charge on any atom is 0.139 e.